The van der Waals surface area contributed by atoms with Gasteiger partial charge in [0.15, 0.2) is 0 Å². The molecule has 1 rings (SSSR count). The van der Waals surface area contributed by atoms with E-state index in [0.29, 0.717) is 6.54 Å². The zero-order valence-electron chi connectivity index (χ0n) is 11.4. The quantitative estimate of drug-likeness (QED) is 0.620. The molecule has 0 aliphatic carbocycles. The smallest absolute Gasteiger partial charge is 0.243 e. The molecule has 0 spiro atoms. The number of nitrogen functional groups attached to an aromatic ring is 1. The number of nitrogens with two attached hydrogens (primary N) is 1. The summed E-state index contributed by atoms with van der Waals surface area (Å²) in [6, 6.07) is 2.01. The second kappa shape index (κ2) is 7.71. The average molecular weight is 382 g/mol. The van der Waals surface area contributed by atoms with Gasteiger partial charge in [0.25, 0.3) is 0 Å². The number of hydrogen-bond acceptors (Lipinski definition) is 4. The van der Waals surface area contributed by atoms with Crippen molar-refractivity contribution < 1.29 is 17.6 Å². The van der Waals surface area contributed by atoms with Crippen LogP contribution in [0.2, 0.25) is 0 Å². The van der Waals surface area contributed by atoms with Crippen molar-refractivity contribution in [2.45, 2.75) is 24.7 Å². The molecule has 0 bridgehead atoms. The third-order valence-electron chi connectivity index (χ3n) is 2.56. The van der Waals surface area contributed by atoms with Crippen LogP contribution in [0.15, 0.2) is 21.5 Å². The molecule has 21 heavy (non-hydrogen) atoms. The lowest BCUT2D eigenvalue weighted by molar-refractivity contribution is -0.120. The Hall–Kier alpha value is -1.19. The van der Waals surface area contributed by atoms with Crippen LogP contribution in [0, 0.1) is 5.82 Å². The lowest BCUT2D eigenvalue weighted by atomic mass is 10.3. The molecule has 0 heterocycles. The van der Waals surface area contributed by atoms with Crippen LogP contribution in [0.5, 0.6) is 0 Å². The fourth-order valence-corrected chi connectivity index (χ4v) is 2.92. The van der Waals surface area contributed by atoms with Gasteiger partial charge in [-0.15, -0.1) is 0 Å². The Kier molecular flexibility index (Phi) is 6.56. The SMILES string of the molecule is CCCNC(=O)CCNS(=O)(=O)c1cc(N)c(Br)cc1F. The van der Waals surface area contributed by atoms with Crippen LogP contribution in [0.4, 0.5) is 10.1 Å². The number of anilines is 1. The molecule has 1 aromatic rings. The summed E-state index contributed by atoms with van der Waals surface area (Å²) in [5.74, 6) is -1.19. The van der Waals surface area contributed by atoms with Gasteiger partial charge in [0.05, 0.1) is 0 Å². The first-order chi connectivity index (χ1) is 9.77. The van der Waals surface area contributed by atoms with Gasteiger partial charge in [-0.05, 0) is 34.5 Å². The van der Waals surface area contributed by atoms with Gasteiger partial charge < -0.3 is 11.1 Å². The van der Waals surface area contributed by atoms with Crippen molar-refractivity contribution in [3.8, 4) is 0 Å². The molecule has 4 N–H and O–H groups in total. The summed E-state index contributed by atoms with van der Waals surface area (Å²) in [6.45, 7) is 2.32. The topological polar surface area (TPSA) is 101 Å². The van der Waals surface area contributed by atoms with E-state index in [-0.39, 0.29) is 29.0 Å². The minimum atomic E-state index is -4.05. The molecule has 0 aliphatic rings. The van der Waals surface area contributed by atoms with Crippen LogP contribution in [0.3, 0.4) is 0 Å². The Morgan fingerprint density at radius 3 is 2.67 bits per heavy atom. The summed E-state index contributed by atoms with van der Waals surface area (Å²) in [5.41, 5.74) is 5.66. The van der Waals surface area contributed by atoms with Gasteiger partial charge >= 0.3 is 0 Å². The molecular formula is C12H17BrFN3O3S. The Bertz CT molecular complexity index is 622. The molecule has 6 nitrogen and oxygen atoms in total. The van der Waals surface area contributed by atoms with E-state index in [1.54, 1.807) is 0 Å². The van der Waals surface area contributed by atoms with Crippen LogP contribution in [0.1, 0.15) is 19.8 Å². The van der Waals surface area contributed by atoms with E-state index in [0.717, 1.165) is 18.6 Å². The highest BCUT2D eigenvalue weighted by atomic mass is 79.9. The Morgan fingerprint density at radius 2 is 2.05 bits per heavy atom. The molecule has 1 amide bonds. The summed E-state index contributed by atoms with van der Waals surface area (Å²) in [4.78, 5) is 10.8. The number of carbonyl (C=O) groups excluding carboxylic acids is 1. The van der Waals surface area contributed by atoms with Gasteiger partial charge in [-0.25, -0.2) is 17.5 Å². The van der Waals surface area contributed by atoms with Gasteiger partial charge in [-0.2, -0.15) is 0 Å². The molecule has 0 aliphatic heterocycles. The molecule has 9 heteroatoms. The van der Waals surface area contributed by atoms with Crippen molar-refractivity contribution >= 4 is 37.5 Å². The van der Waals surface area contributed by atoms with E-state index >= 15 is 0 Å². The summed E-state index contributed by atoms with van der Waals surface area (Å²) >= 11 is 3.01. The maximum atomic E-state index is 13.7. The number of benzene rings is 1. The predicted molar refractivity (Wildman–Crippen MR) is 81.6 cm³/mol. The lowest BCUT2D eigenvalue weighted by Gasteiger charge is -2.09. The standard InChI is InChI=1S/C12H17BrFN3O3S/c1-2-4-16-12(18)3-5-17-21(19,20)11-7-10(15)8(13)6-9(11)14/h6-7,17H,2-5,15H2,1H3,(H,16,18). The summed E-state index contributed by atoms with van der Waals surface area (Å²) in [5, 5.41) is 2.61. The highest BCUT2D eigenvalue weighted by Gasteiger charge is 2.20. The van der Waals surface area contributed by atoms with Gasteiger partial charge in [0.1, 0.15) is 10.7 Å². The number of sulfonamides is 1. The van der Waals surface area contributed by atoms with Crippen molar-refractivity contribution in [1.29, 1.82) is 0 Å². The summed E-state index contributed by atoms with van der Waals surface area (Å²) in [7, 11) is -4.05. The predicted octanol–water partition coefficient (Wildman–Crippen LogP) is 1.37. The number of halogens is 2. The van der Waals surface area contributed by atoms with Crippen molar-refractivity contribution in [3.05, 3.63) is 22.4 Å². The second-order valence-electron chi connectivity index (χ2n) is 4.30. The van der Waals surface area contributed by atoms with Gasteiger partial charge in [-0.3, -0.25) is 4.79 Å². The van der Waals surface area contributed by atoms with Crippen molar-refractivity contribution in [2.24, 2.45) is 0 Å². The molecule has 0 atom stereocenters. The molecular weight excluding hydrogens is 365 g/mol. The Labute approximate surface area is 131 Å². The minimum Gasteiger partial charge on any atom is -0.398 e. The van der Waals surface area contributed by atoms with Crippen LogP contribution in [-0.2, 0) is 14.8 Å². The third-order valence-corrected chi connectivity index (χ3v) is 4.72. The normalized spacial score (nSPS) is 11.4. The van der Waals surface area contributed by atoms with Crippen molar-refractivity contribution in [1.82, 2.24) is 10.0 Å². The molecule has 0 aromatic heterocycles. The maximum absolute atomic E-state index is 13.7. The molecule has 0 unspecified atom stereocenters. The lowest BCUT2D eigenvalue weighted by Crippen LogP contribution is -2.31. The molecule has 0 saturated heterocycles. The monoisotopic (exact) mass is 381 g/mol. The fourth-order valence-electron chi connectivity index (χ4n) is 1.48. The van der Waals surface area contributed by atoms with Crippen LogP contribution in [-0.4, -0.2) is 27.4 Å². The third kappa shape index (κ3) is 5.25. The zero-order valence-corrected chi connectivity index (χ0v) is 13.9. The minimum absolute atomic E-state index is 0.0210. The van der Waals surface area contributed by atoms with E-state index in [2.05, 4.69) is 26.0 Å². The molecule has 0 radical (unpaired) electrons. The Balaban J connectivity index is 2.70. The van der Waals surface area contributed by atoms with Crippen LogP contribution >= 0.6 is 15.9 Å². The van der Waals surface area contributed by atoms with Gasteiger partial charge in [0, 0.05) is 29.7 Å². The first-order valence-electron chi connectivity index (χ1n) is 6.28. The van der Waals surface area contributed by atoms with E-state index < -0.39 is 20.7 Å². The van der Waals surface area contributed by atoms with E-state index in [1.807, 2.05) is 6.92 Å². The zero-order chi connectivity index (χ0) is 16.0. The molecule has 0 fully saturated rings. The fraction of sp³-hybridized carbons (Fsp3) is 0.417. The molecule has 118 valence electrons. The summed E-state index contributed by atoms with van der Waals surface area (Å²) < 4.78 is 40.1. The van der Waals surface area contributed by atoms with E-state index in [9.17, 15) is 17.6 Å². The molecule has 1 aromatic carbocycles. The van der Waals surface area contributed by atoms with Crippen LogP contribution in [0.25, 0.3) is 0 Å². The largest absolute Gasteiger partial charge is 0.398 e. The number of carbonyl (C=O) groups is 1. The number of rotatable bonds is 7. The van der Waals surface area contributed by atoms with Crippen molar-refractivity contribution in [3.63, 3.8) is 0 Å². The first kappa shape index (κ1) is 17.9. The number of hydrogen-bond donors (Lipinski definition) is 3. The van der Waals surface area contributed by atoms with Gasteiger partial charge in [0.2, 0.25) is 15.9 Å². The van der Waals surface area contributed by atoms with E-state index in [4.69, 9.17) is 5.73 Å². The van der Waals surface area contributed by atoms with Gasteiger partial charge in [-0.1, -0.05) is 6.92 Å². The average Bonchev–Trinajstić information content (AvgIpc) is 2.40. The Morgan fingerprint density at radius 1 is 1.38 bits per heavy atom. The van der Waals surface area contributed by atoms with E-state index in [1.165, 1.54) is 0 Å². The second-order valence-corrected chi connectivity index (χ2v) is 6.89. The number of amides is 1. The first-order valence-corrected chi connectivity index (χ1v) is 8.56. The van der Waals surface area contributed by atoms with Crippen LogP contribution < -0.4 is 15.8 Å². The van der Waals surface area contributed by atoms with Crippen molar-refractivity contribution in [2.75, 3.05) is 18.8 Å². The maximum Gasteiger partial charge on any atom is 0.243 e. The highest BCUT2D eigenvalue weighted by molar-refractivity contribution is 9.10. The highest BCUT2D eigenvalue weighted by Crippen LogP contribution is 2.25. The number of nitrogens with one attached hydrogen (secondary N) is 2. The summed E-state index contributed by atoms with van der Waals surface area (Å²) in [6.07, 6.45) is 0.772. The molecule has 0 saturated carbocycles.